The van der Waals surface area contributed by atoms with E-state index in [4.69, 9.17) is 0 Å². The first-order valence-corrected chi connectivity index (χ1v) is 8.11. The van der Waals surface area contributed by atoms with Gasteiger partial charge in [0.25, 0.3) is 0 Å². The number of urea groups is 1. The lowest BCUT2D eigenvalue weighted by Gasteiger charge is -2.32. The molecule has 120 valence electrons. The van der Waals surface area contributed by atoms with Gasteiger partial charge in [0.15, 0.2) is 0 Å². The van der Waals surface area contributed by atoms with Gasteiger partial charge in [-0.1, -0.05) is 25.3 Å². The Labute approximate surface area is 130 Å². The van der Waals surface area contributed by atoms with Gasteiger partial charge < -0.3 is 15.7 Å². The summed E-state index contributed by atoms with van der Waals surface area (Å²) in [6.45, 7) is 0.293. The first kappa shape index (κ1) is 15.3. The van der Waals surface area contributed by atoms with Gasteiger partial charge in [-0.15, -0.1) is 0 Å². The number of hydrogen-bond acceptors (Lipinski definition) is 2. The Morgan fingerprint density at radius 1 is 1.32 bits per heavy atom. The van der Waals surface area contributed by atoms with Crippen molar-refractivity contribution in [3.63, 3.8) is 0 Å². The molecule has 4 nitrogen and oxygen atoms in total. The highest BCUT2D eigenvalue weighted by atomic mass is 19.1. The average Bonchev–Trinajstić information content (AvgIpc) is 2.88. The summed E-state index contributed by atoms with van der Waals surface area (Å²) < 4.78 is 13.2. The summed E-state index contributed by atoms with van der Waals surface area (Å²) in [6, 6.07) is 4.39. The van der Waals surface area contributed by atoms with Gasteiger partial charge in [-0.3, -0.25) is 0 Å². The van der Waals surface area contributed by atoms with Crippen LogP contribution in [0.3, 0.4) is 0 Å². The molecule has 0 bridgehead atoms. The molecule has 3 rings (SSSR count). The van der Waals surface area contributed by atoms with Crippen LogP contribution in [-0.2, 0) is 6.42 Å². The number of fused-ring (bicyclic) bond motifs is 1. The number of rotatable bonds is 3. The normalized spacial score (nSPS) is 22.9. The second-order valence-electron chi connectivity index (χ2n) is 6.55. The number of benzene rings is 1. The third-order valence-corrected chi connectivity index (χ3v) is 4.85. The van der Waals surface area contributed by atoms with Crippen molar-refractivity contribution in [2.24, 2.45) is 0 Å². The number of halogens is 1. The van der Waals surface area contributed by atoms with Crippen molar-refractivity contribution in [3.05, 3.63) is 35.1 Å². The van der Waals surface area contributed by atoms with Gasteiger partial charge in [0.2, 0.25) is 0 Å². The van der Waals surface area contributed by atoms with Crippen molar-refractivity contribution in [2.45, 2.75) is 56.6 Å². The molecule has 1 saturated carbocycles. The lowest BCUT2D eigenvalue weighted by Crippen LogP contribution is -2.47. The third kappa shape index (κ3) is 3.40. The van der Waals surface area contributed by atoms with Gasteiger partial charge in [0.1, 0.15) is 5.82 Å². The van der Waals surface area contributed by atoms with Crippen molar-refractivity contribution < 1.29 is 14.3 Å². The first-order chi connectivity index (χ1) is 10.6. The maximum Gasteiger partial charge on any atom is 0.315 e. The zero-order valence-electron chi connectivity index (χ0n) is 12.7. The van der Waals surface area contributed by atoms with Crippen molar-refractivity contribution in [3.8, 4) is 0 Å². The Bertz CT molecular complexity index is 556. The highest BCUT2D eigenvalue weighted by molar-refractivity contribution is 5.74. The van der Waals surface area contributed by atoms with Crippen LogP contribution in [0.2, 0.25) is 0 Å². The van der Waals surface area contributed by atoms with Crippen molar-refractivity contribution >= 4 is 6.03 Å². The molecule has 0 aliphatic heterocycles. The van der Waals surface area contributed by atoms with Crippen LogP contribution in [0.25, 0.3) is 0 Å². The van der Waals surface area contributed by atoms with Crippen LogP contribution in [0.1, 0.15) is 55.7 Å². The quantitative estimate of drug-likeness (QED) is 0.804. The molecule has 5 heteroatoms. The summed E-state index contributed by atoms with van der Waals surface area (Å²) in [5, 5.41) is 16.1. The van der Waals surface area contributed by atoms with Gasteiger partial charge in [0, 0.05) is 6.54 Å². The monoisotopic (exact) mass is 306 g/mol. The van der Waals surface area contributed by atoms with E-state index in [1.165, 1.54) is 6.07 Å². The molecule has 2 aliphatic rings. The van der Waals surface area contributed by atoms with Gasteiger partial charge in [0.05, 0.1) is 11.6 Å². The predicted octanol–water partition coefficient (Wildman–Crippen LogP) is 2.81. The second-order valence-corrected chi connectivity index (χ2v) is 6.55. The van der Waals surface area contributed by atoms with Gasteiger partial charge in [-0.2, -0.15) is 0 Å². The molecule has 0 aromatic heterocycles. The van der Waals surface area contributed by atoms with E-state index in [2.05, 4.69) is 10.6 Å². The topological polar surface area (TPSA) is 61.4 Å². The van der Waals surface area contributed by atoms with Crippen LogP contribution >= 0.6 is 0 Å². The van der Waals surface area contributed by atoms with Crippen LogP contribution in [0.15, 0.2) is 18.2 Å². The summed E-state index contributed by atoms with van der Waals surface area (Å²) in [5.41, 5.74) is 1.20. The maximum absolute atomic E-state index is 13.2. The Kier molecular flexibility index (Phi) is 4.34. The predicted molar refractivity (Wildman–Crippen MR) is 82.0 cm³/mol. The minimum absolute atomic E-state index is 0.0726. The highest BCUT2D eigenvalue weighted by Gasteiger charge is 2.30. The maximum atomic E-state index is 13.2. The Morgan fingerprint density at radius 3 is 2.86 bits per heavy atom. The van der Waals surface area contributed by atoms with Crippen LogP contribution < -0.4 is 10.6 Å². The van der Waals surface area contributed by atoms with Gasteiger partial charge >= 0.3 is 6.03 Å². The molecule has 2 aliphatic carbocycles. The summed E-state index contributed by atoms with van der Waals surface area (Å²) in [5.74, 6) is -0.233. The summed E-state index contributed by atoms with van der Waals surface area (Å²) in [7, 11) is 0. The molecule has 1 aromatic rings. The molecule has 2 amide bonds. The third-order valence-electron chi connectivity index (χ3n) is 4.85. The second kappa shape index (κ2) is 6.24. The standard InChI is InChI=1S/C17H23FN2O2/c18-13-5-6-14-12(10-13)4-7-15(14)20-16(21)19-11-17(22)8-2-1-3-9-17/h5-6,10,15,22H,1-4,7-9,11H2,(H2,19,20,21). The molecule has 3 N–H and O–H groups in total. The zero-order chi connectivity index (χ0) is 15.6. The van der Waals surface area contributed by atoms with E-state index in [0.717, 1.165) is 56.1 Å². The van der Waals surface area contributed by atoms with E-state index >= 15 is 0 Å². The fourth-order valence-electron chi connectivity index (χ4n) is 3.58. The van der Waals surface area contributed by atoms with E-state index in [9.17, 15) is 14.3 Å². The lowest BCUT2D eigenvalue weighted by atomic mass is 9.85. The van der Waals surface area contributed by atoms with E-state index in [1.54, 1.807) is 12.1 Å². The molecular formula is C17H23FN2O2. The van der Waals surface area contributed by atoms with Crippen molar-refractivity contribution in [1.29, 1.82) is 0 Å². The number of carbonyl (C=O) groups excluding carboxylic acids is 1. The summed E-state index contributed by atoms with van der Waals surface area (Å²) in [6.07, 6.45) is 6.25. The SMILES string of the molecule is O=C(NCC1(O)CCCCC1)NC1CCc2cc(F)ccc21. The van der Waals surface area contributed by atoms with Crippen LogP contribution in [0.4, 0.5) is 9.18 Å². The van der Waals surface area contributed by atoms with E-state index < -0.39 is 5.60 Å². The molecule has 1 fully saturated rings. The molecule has 1 aromatic carbocycles. The van der Waals surface area contributed by atoms with Crippen LogP contribution in [-0.4, -0.2) is 23.3 Å². The zero-order valence-corrected chi connectivity index (χ0v) is 12.7. The molecule has 22 heavy (non-hydrogen) atoms. The number of nitrogens with one attached hydrogen (secondary N) is 2. The average molecular weight is 306 g/mol. The van der Waals surface area contributed by atoms with E-state index in [-0.39, 0.29) is 17.9 Å². The molecule has 0 radical (unpaired) electrons. The summed E-state index contributed by atoms with van der Waals surface area (Å²) in [4.78, 5) is 12.1. The van der Waals surface area contributed by atoms with Gasteiger partial charge in [-0.25, -0.2) is 9.18 Å². The molecule has 0 saturated heterocycles. The smallest absolute Gasteiger partial charge is 0.315 e. The molecule has 1 unspecified atom stereocenters. The molecule has 1 atom stereocenters. The number of amides is 2. The minimum atomic E-state index is -0.758. The Hall–Kier alpha value is -1.62. The highest BCUT2D eigenvalue weighted by Crippen LogP contribution is 2.31. The van der Waals surface area contributed by atoms with Gasteiger partial charge in [-0.05, 0) is 48.9 Å². The molecular weight excluding hydrogens is 283 g/mol. The number of carbonyl (C=O) groups is 1. The number of hydrogen-bond donors (Lipinski definition) is 3. The minimum Gasteiger partial charge on any atom is -0.388 e. The van der Waals surface area contributed by atoms with E-state index in [1.807, 2.05) is 0 Å². The number of aryl methyl sites for hydroxylation is 1. The van der Waals surface area contributed by atoms with Crippen LogP contribution in [0, 0.1) is 5.82 Å². The molecule has 0 spiro atoms. The summed E-state index contributed by atoms with van der Waals surface area (Å²) >= 11 is 0. The first-order valence-electron chi connectivity index (χ1n) is 8.11. The van der Waals surface area contributed by atoms with E-state index in [0.29, 0.717) is 6.54 Å². The largest absolute Gasteiger partial charge is 0.388 e. The van der Waals surface area contributed by atoms with Crippen LogP contribution in [0.5, 0.6) is 0 Å². The Balaban J connectivity index is 1.53. The van der Waals surface area contributed by atoms with Crippen molar-refractivity contribution in [1.82, 2.24) is 10.6 Å². The molecule has 0 heterocycles. The van der Waals surface area contributed by atoms with Crippen molar-refractivity contribution in [2.75, 3.05) is 6.54 Å². The fraction of sp³-hybridized carbons (Fsp3) is 0.588. The fourth-order valence-corrected chi connectivity index (χ4v) is 3.58. The Morgan fingerprint density at radius 2 is 2.09 bits per heavy atom. The number of aliphatic hydroxyl groups is 1. The lowest BCUT2D eigenvalue weighted by molar-refractivity contribution is 0.00712.